The molecule has 2 fully saturated rings. The number of ether oxygens (including phenoxy) is 6. The predicted molar refractivity (Wildman–Crippen MR) is 337 cm³/mol. The predicted octanol–water partition coefficient (Wildman–Crippen LogP) is 3.81. The van der Waals surface area contributed by atoms with E-state index in [0.717, 1.165) is 110 Å². The van der Waals surface area contributed by atoms with Crippen LogP contribution < -0.4 is 37.6 Å². The zero-order valence-electron chi connectivity index (χ0n) is 48.9. The first-order valence-electron chi connectivity index (χ1n) is 29.0. The fourth-order valence-corrected chi connectivity index (χ4v) is 10.2. The number of anilines is 2. The SMILES string of the molecule is CN(CC(=O)NCCOCCOCCOCCN1CCN(c2ccc(-c3nc(CC(=N)N)nc4ccc(Cl)cc34)cc2)CC1)CC(=O)NCCOCCOCCOCCN1CCN(c2ccc(-c3nc(N=C(N)N)nc4ccc(Cl)cc34)cc2)CC1. The maximum atomic E-state index is 12.4. The van der Waals surface area contributed by atoms with Gasteiger partial charge in [0.1, 0.15) is 5.82 Å². The molecule has 2 aliphatic heterocycles. The van der Waals surface area contributed by atoms with Crippen molar-refractivity contribution in [3.8, 4) is 22.5 Å². The third kappa shape index (κ3) is 21.2. The van der Waals surface area contributed by atoms with Crippen molar-refractivity contribution >= 4 is 85.9 Å². The summed E-state index contributed by atoms with van der Waals surface area (Å²) in [4.78, 5) is 58.5. The molecular weight excluding hydrogens is 1140 g/mol. The summed E-state index contributed by atoms with van der Waals surface area (Å²) in [6.45, 7) is 15.4. The summed E-state index contributed by atoms with van der Waals surface area (Å²) < 4.78 is 34.2. The molecule has 4 aromatic carbocycles. The molecule has 8 rings (SSSR count). The number of carbonyl (C=O) groups excluding carboxylic acids is 2. The lowest BCUT2D eigenvalue weighted by molar-refractivity contribution is -0.124. The summed E-state index contributed by atoms with van der Waals surface area (Å²) in [7, 11) is 1.72. The number of amides is 2. The van der Waals surface area contributed by atoms with E-state index in [9.17, 15) is 9.59 Å². The number of aromatic nitrogens is 4. The van der Waals surface area contributed by atoms with E-state index in [2.05, 4.69) is 86.6 Å². The monoisotopic (exact) mass is 1220 g/mol. The Morgan fingerprint density at radius 1 is 0.547 bits per heavy atom. The van der Waals surface area contributed by atoms with Crippen molar-refractivity contribution < 1.29 is 38.0 Å². The van der Waals surface area contributed by atoms with Gasteiger partial charge in [0.25, 0.3) is 5.95 Å². The fraction of sp³-hybridized carbons (Fsp3) is 0.467. The Labute approximate surface area is 512 Å². The summed E-state index contributed by atoms with van der Waals surface area (Å²) >= 11 is 12.7. The number of benzene rings is 4. The lowest BCUT2D eigenvalue weighted by atomic mass is 10.1. The van der Waals surface area contributed by atoms with Crippen LogP contribution in [-0.2, 0) is 44.4 Å². The first-order valence-corrected chi connectivity index (χ1v) is 29.8. The number of piperazine rings is 2. The molecule has 0 unspecified atom stereocenters. The summed E-state index contributed by atoms with van der Waals surface area (Å²) in [6.07, 6.45) is 0.180. The van der Waals surface area contributed by atoms with Crippen molar-refractivity contribution in [1.29, 1.82) is 5.41 Å². The normalized spacial score (nSPS) is 14.1. The summed E-state index contributed by atoms with van der Waals surface area (Å²) in [5.41, 5.74) is 23.9. The molecule has 24 nitrogen and oxygen atoms in total. The summed E-state index contributed by atoms with van der Waals surface area (Å²) in [5.74, 6) is 0.204. The minimum absolute atomic E-state index is 0.0126. The van der Waals surface area contributed by atoms with Gasteiger partial charge in [-0.2, -0.15) is 4.99 Å². The van der Waals surface area contributed by atoms with Gasteiger partial charge in [-0.05, 0) is 67.7 Å². The van der Waals surface area contributed by atoms with E-state index >= 15 is 0 Å². The van der Waals surface area contributed by atoms with Crippen LogP contribution in [0.3, 0.4) is 0 Å². The molecule has 0 radical (unpaired) electrons. The van der Waals surface area contributed by atoms with Crippen molar-refractivity contribution in [1.82, 2.24) is 45.3 Å². The lowest BCUT2D eigenvalue weighted by Crippen LogP contribution is -2.47. The van der Waals surface area contributed by atoms with Crippen LogP contribution in [0.2, 0.25) is 10.0 Å². The van der Waals surface area contributed by atoms with Crippen LogP contribution in [0.5, 0.6) is 0 Å². The van der Waals surface area contributed by atoms with Crippen LogP contribution in [0.4, 0.5) is 17.3 Å². The fourth-order valence-electron chi connectivity index (χ4n) is 9.87. The van der Waals surface area contributed by atoms with Gasteiger partial charge in [0, 0.05) is 122 Å². The quantitative estimate of drug-likeness (QED) is 0.0187. The molecule has 0 bridgehead atoms. The second-order valence-corrected chi connectivity index (χ2v) is 21.6. The molecular formula is C60H80Cl2N16O8. The largest absolute Gasteiger partial charge is 0.387 e. The van der Waals surface area contributed by atoms with Gasteiger partial charge in [0.15, 0.2) is 5.96 Å². The number of halogens is 2. The van der Waals surface area contributed by atoms with E-state index in [0.29, 0.717) is 119 Å². The molecule has 0 spiro atoms. The number of hydrogen-bond acceptors (Lipinski definition) is 19. The van der Waals surface area contributed by atoms with E-state index in [1.54, 1.807) is 24.1 Å². The smallest absolute Gasteiger partial charge is 0.253 e. The summed E-state index contributed by atoms with van der Waals surface area (Å²) in [5, 5.41) is 16.2. The van der Waals surface area contributed by atoms with E-state index in [-0.39, 0.29) is 49.1 Å². The number of nitrogens with zero attached hydrogens (tertiary/aromatic N) is 10. The van der Waals surface area contributed by atoms with E-state index < -0.39 is 0 Å². The van der Waals surface area contributed by atoms with Crippen molar-refractivity contribution in [3.05, 3.63) is 101 Å². The van der Waals surface area contributed by atoms with Crippen LogP contribution in [-0.4, -0.2) is 236 Å². The van der Waals surface area contributed by atoms with Gasteiger partial charge in [0.05, 0.1) is 127 Å². The molecule has 462 valence electrons. The molecule has 2 aromatic heterocycles. The molecule has 0 saturated carbocycles. The number of guanidine groups is 1. The van der Waals surface area contributed by atoms with E-state index in [1.807, 2.05) is 36.4 Å². The highest BCUT2D eigenvalue weighted by Crippen LogP contribution is 2.33. The Balaban J connectivity index is 0.555. The van der Waals surface area contributed by atoms with Crippen LogP contribution in [0, 0.1) is 5.41 Å². The van der Waals surface area contributed by atoms with Gasteiger partial charge in [-0.25, -0.2) is 19.9 Å². The minimum atomic E-state index is -0.195. The summed E-state index contributed by atoms with van der Waals surface area (Å²) in [6, 6.07) is 27.7. The van der Waals surface area contributed by atoms with Gasteiger partial charge < -0.3 is 66.1 Å². The van der Waals surface area contributed by atoms with Crippen LogP contribution in [0.1, 0.15) is 5.82 Å². The standard InChI is InChI=1S/C60H80Cl2N16O8/c1-74(41-55(79)67-14-26-81-30-34-85-36-32-83-28-24-75-16-20-77(21-17-75)47-8-2-43(3-9-47)57-49-38-45(61)6-12-51(49)69-54(71-57)40-53(63)64)42-56(80)68-15-27-82-31-35-86-37-33-84-29-25-76-18-22-78(23-19-76)48-10-4-44(5-11-48)58-50-39-46(62)7-13-52(50)70-60(72-58)73-59(65)66/h2-13,38-39H,14-37,40-42H2,1H3,(H3,63,64)(H,67,79)(H,68,80)(H4,65,66,70,72,73). The average Bonchev–Trinajstić information content (AvgIpc) is 1.75. The molecule has 0 atom stereocenters. The second kappa shape index (κ2) is 34.4. The zero-order valence-corrected chi connectivity index (χ0v) is 50.4. The number of rotatable bonds is 35. The van der Waals surface area contributed by atoms with Crippen molar-refractivity contribution in [2.24, 2.45) is 22.2 Å². The number of hydrogen-bond donors (Lipinski definition) is 6. The first kappa shape index (κ1) is 65.0. The highest BCUT2D eigenvalue weighted by atomic mass is 35.5. The molecule has 2 amide bonds. The van der Waals surface area contributed by atoms with Crippen molar-refractivity contribution in [2.75, 3.05) is 188 Å². The van der Waals surface area contributed by atoms with Gasteiger partial charge in [-0.3, -0.25) is 29.7 Å². The van der Waals surface area contributed by atoms with Gasteiger partial charge in [-0.15, -0.1) is 0 Å². The highest BCUT2D eigenvalue weighted by molar-refractivity contribution is 6.31. The highest BCUT2D eigenvalue weighted by Gasteiger charge is 2.21. The van der Waals surface area contributed by atoms with Crippen LogP contribution >= 0.6 is 23.2 Å². The number of fused-ring (bicyclic) bond motifs is 2. The van der Waals surface area contributed by atoms with Crippen LogP contribution in [0.15, 0.2) is 89.9 Å². The topological polar surface area (TPSA) is 296 Å². The Morgan fingerprint density at radius 3 is 1.38 bits per heavy atom. The minimum Gasteiger partial charge on any atom is -0.387 e. The Hall–Kier alpha value is -6.94. The maximum Gasteiger partial charge on any atom is 0.253 e. The molecule has 9 N–H and O–H groups in total. The average molecular weight is 1220 g/mol. The number of nitrogens with two attached hydrogens (primary N) is 3. The number of likely N-dealkylation sites (N-methyl/N-ethyl adjacent to an activating group) is 1. The van der Waals surface area contributed by atoms with Gasteiger partial charge in [-0.1, -0.05) is 47.5 Å². The number of carbonyl (C=O) groups is 2. The number of amidine groups is 1. The second-order valence-electron chi connectivity index (χ2n) is 20.7. The van der Waals surface area contributed by atoms with Crippen LogP contribution in [0.25, 0.3) is 44.3 Å². The molecule has 0 aliphatic carbocycles. The molecule has 86 heavy (non-hydrogen) atoms. The third-order valence-electron chi connectivity index (χ3n) is 14.2. The first-order chi connectivity index (χ1) is 41.8. The number of nitrogens with one attached hydrogen (secondary N) is 3. The van der Waals surface area contributed by atoms with E-state index in [1.165, 1.54) is 0 Å². The maximum absolute atomic E-state index is 12.4. The van der Waals surface area contributed by atoms with Gasteiger partial charge in [0.2, 0.25) is 11.8 Å². The Morgan fingerprint density at radius 2 is 0.953 bits per heavy atom. The molecule has 4 heterocycles. The van der Waals surface area contributed by atoms with Crippen molar-refractivity contribution in [3.63, 3.8) is 0 Å². The number of aliphatic imine (C=N–C) groups is 1. The van der Waals surface area contributed by atoms with E-state index in [4.69, 9.17) is 79.2 Å². The zero-order chi connectivity index (χ0) is 60.5. The Kier molecular flexibility index (Phi) is 26.0. The molecule has 2 aliphatic rings. The molecule has 26 heteroatoms. The molecule has 6 aromatic rings. The van der Waals surface area contributed by atoms with Crippen molar-refractivity contribution in [2.45, 2.75) is 6.42 Å². The Bertz CT molecular complexity index is 3150. The third-order valence-corrected chi connectivity index (χ3v) is 14.7. The molecule has 2 saturated heterocycles. The lowest BCUT2D eigenvalue weighted by Gasteiger charge is -2.36. The van der Waals surface area contributed by atoms with Gasteiger partial charge >= 0.3 is 0 Å².